The van der Waals surface area contributed by atoms with Crippen LogP contribution in [0.3, 0.4) is 0 Å². The molecule has 0 radical (unpaired) electrons. The van der Waals surface area contributed by atoms with Gasteiger partial charge in [0.05, 0.1) is 0 Å². The number of rotatable bonds is 2. The number of aryl methyl sites for hydroxylation is 2. The van der Waals surface area contributed by atoms with Gasteiger partial charge in [0, 0.05) is 18.3 Å². The van der Waals surface area contributed by atoms with Gasteiger partial charge in [-0.25, -0.2) is 0 Å². The molecule has 0 saturated heterocycles. The van der Waals surface area contributed by atoms with Crippen molar-refractivity contribution in [1.29, 1.82) is 0 Å². The van der Waals surface area contributed by atoms with Gasteiger partial charge in [0.1, 0.15) is 0 Å². The maximum absolute atomic E-state index is 3.70. The van der Waals surface area contributed by atoms with Gasteiger partial charge in [-0.1, -0.05) is 12.1 Å². The Kier molecular flexibility index (Phi) is 3.20. The van der Waals surface area contributed by atoms with Gasteiger partial charge in [0.25, 0.3) is 0 Å². The molecule has 1 aromatic carbocycles. The minimum absolute atomic E-state index is 0.600. The van der Waals surface area contributed by atoms with E-state index in [4.69, 9.17) is 0 Å². The number of benzene rings is 1. The standard InChI is InChI=1S/C14H22N2/c1-10-5-6-12-7-8-13(9-16(3)4)15-14(12)11(10)2/h5-6,13,15H,7-9H2,1-4H3. The molecule has 2 rings (SSSR count). The van der Waals surface area contributed by atoms with Crippen LogP contribution in [0.2, 0.25) is 0 Å². The molecular formula is C14H22N2. The van der Waals surface area contributed by atoms with Gasteiger partial charge in [-0.15, -0.1) is 0 Å². The van der Waals surface area contributed by atoms with E-state index in [1.54, 1.807) is 0 Å². The molecular weight excluding hydrogens is 196 g/mol. The van der Waals surface area contributed by atoms with Crippen molar-refractivity contribution in [3.8, 4) is 0 Å². The summed E-state index contributed by atoms with van der Waals surface area (Å²) in [5.41, 5.74) is 5.67. The van der Waals surface area contributed by atoms with E-state index in [1.165, 1.54) is 35.2 Å². The van der Waals surface area contributed by atoms with Gasteiger partial charge < -0.3 is 10.2 Å². The van der Waals surface area contributed by atoms with Gasteiger partial charge in [0.2, 0.25) is 0 Å². The van der Waals surface area contributed by atoms with Crippen molar-refractivity contribution < 1.29 is 0 Å². The van der Waals surface area contributed by atoms with E-state index in [-0.39, 0.29) is 0 Å². The number of fused-ring (bicyclic) bond motifs is 1. The molecule has 1 aliphatic rings. The van der Waals surface area contributed by atoms with Gasteiger partial charge >= 0.3 is 0 Å². The molecule has 0 saturated carbocycles. The minimum atomic E-state index is 0.600. The molecule has 1 atom stereocenters. The first kappa shape index (κ1) is 11.5. The Hall–Kier alpha value is -1.02. The van der Waals surface area contributed by atoms with Crippen molar-refractivity contribution >= 4 is 5.69 Å². The summed E-state index contributed by atoms with van der Waals surface area (Å²) < 4.78 is 0. The second kappa shape index (κ2) is 4.46. The number of likely N-dealkylation sites (N-methyl/N-ethyl adjacent to an activating group) is 1. The number of anilines is 1. The normalized spacial score (nSPS) is 19.4. The zero-order valence-corrected chi connectivity index (χ0v) is 10.8. The number of hydrogen-bond donors (Lipinski definition) is 1. The van der Waals surface area contributed by atoms with E-state index >= 15 is 0 Å². The van der Waals surface area contributed by atoms with Crippen LogP contribution >= 0.6 is 0 Å². The van der Waals surface area contributed by atoms with Gasteiger partial charge in [-0.2, -0.15) is 0 Å². The first-order chi connectivity index (χ1) is 7.58. The van der Waals surface area contributed by atoms with Gasteiger partial charge in [-0.05, 0) is 57.5 Å². The Labute approximate surface area is 98.7 Å². The van der Waals surface area contributed by atoms with Crippen LogP contribution in [0.25, 0.3) is 0 Å². The molecule has 1 unspecified atom stereocenters. The first-order valence-corrected chi connectivity index (χ1v) is 6.08. The molecule has 1 heterocycles. The molecule has 2 nitrogen and oxygen atoms in total. The van der Waals surface area contributed by atoms with Crippen LogP contribution in [0, 0.1) is 13.8 Å². The van der Waals surface area contributed by atoms with E-state index in [1.807, 2.05) is 0 Å². The third kappa shape index (κ3) is 2.22. The van der Waals surface area contributed by atoms with Gasteiger partial charge in [0.15, 0.2) is 0 Å². The predicted octanol–water partition coefficient (Wildman–Crippen LogP) is 2.59. The lowest BCUT2D eigenvalue weighted by Crippen LogP contribution is -2.35. The highest BCUT2D eigenvalue weighted by Gasteiger charge is 2.19. The Balaban J connectivity index is 2.22. The average Bonchev–Trinajstić information content (AvgIpc) is 2.23. The summed E-state index contributed by atoms with van der Waals surface area (Å²) in [6.45, 7) is 5.53. The molecule has 88 valence electrons. The fraction of sp³-hybridized carbons (Fsp3) is 0.571. The highest BCUT2D eigenvalue weighted by Crippen LogP contribution is 2.30. The van der Waals surface area contributed by atoms with E-state index in [0.29, 0.717) is 6.04 Å². The largest absolute Gasteiger partial charge is 0.381 e. The Morgan fingerprint density at radius 1 is 1.31 bits per heavy atom. The van der Waals surface area contributed by atoms with Crippen LogP contribution in [0.4, 0.5) is 5.69 Å². The fourth-order valence-corrected chi connectivity index (χ4v) is 2.46. The van der Waals surface area contributed by atoms with Crippen LogP contribution in [0.1, 0.15) is 23.1 Å². The topological polar surface area (TPSA) is 15.3 Å². The maximum atomic E-state index is 3.70. The number of hydrogen-bond acceptors (Lipinski definition) is 2. The van der Waals surface area contributed by atoms with E-state index in [2.05, 4.69) is 50.3 Å². The van der Waals surface area contributed by atoms with Gasteiger partial charge in [-0.3, -0.25) is 0 Å². The molecule has 0 bridgehead atoms. The monoisotopic (exact) mass is 218 g/mol. The van der Waals surface area contributed by atoms with Crippen molar-refractivity contribution in [1.82, 2.24) is 4.90 Å². The quantitative estimate of drug-likeness (QED) is 0.821. The second-order valence-corrected chi connectivity index (χ2v) is 5.18. The molecule has 0 aliphatic carbocycles. The van der Waals surface area contributed by atoms with E-state index in [0.717, 1.165) is 6.54 Å². The van der Waals surface area contributed by atoms with E-state index < -0.39 is 0 Å². The summed E-state index contributed by atoms with van der Waals surface area (Å²) in [5.74, 6) is 0. The molecule has 16 heavy (non-hydrogen) atoms. The molecule has 0 fully saturated rings. The fourth-order valence-electron chi connectivity index (χ4n) is 2.46. The van der Waals surface area contributed by atoms with Crippen LogP contribution < -0.4 is 5.32 Å². The third-order valence-corrected chi connectivity index (χ3v) is 3.52. The summed E-state index contributed by atoms with van der Waals surface area (Å²) in [7, 11) is 4.28. The maximum Gasteiger partial charge on any atom is 0.0407 e. The Morgan fingerprint density at radius 2 is 2.06 bits per heavy atom. The number of nitrogens with one attached hydrogen (secondary N) is 1. The highest BCUT2D eigenvalue weighted by atomic mass is 15.1. The van der Waals surface area contributed by atoms with Crippen molar-refractivity contribution in [3.63, 3.8) is 0 Å². The van der Waals surface area contributed by atoms with Crippen molar-refractivity contribution in [3.05, 3.63) is 28.8 Å². The van der Waals surface area contributed by atoms with Crippen molar-refractivity contribution in [2.45, 2.75) is 32.7 Å². The number of nitrogens with zero attached hydrogens (tertiary/aromatic N) is 1. The Morgan fingerprint density at radius 3 is 2.75 bits per heavy atom. The predicted molar refractivity (Wildman–Crippen MR) is 70.2 cm³/mol. The smallest absolute Gasteiger partial charge is 0.0407 e. The van der Waals surface area contributed by atoms with Crippen LogP contribution in [-0.2, 0) is 6.42 Å². The highest BCUT2D eigenvalue weighted by molar-refractivity contribution is 5.61. The van der Waals surface area contributed by atoms with Crippen LogP contribution in [-0.4, -0.2) is 31.6 Å². The molecule has 1 N–H and O–H groups in total. The molecule has 1 aliphatic heterocycles. The summed E-state index contributed by atoms with van der Waals surface area (Å²) in [4.78, 5) is 2.26. The first-order valence-electron chi connectivity index (χ1n) is 6.08. The lowest BCUT2D eigenvalue weighted by Gasteiger charge is -2.30. The van der Waals surface area contributed by atoms with E-state index in [9.17, 15) is 0 Å². The molecule has 0 spiro atoms. The average molecular weight is 218 g/mol. The summed E-state index contributed by atoms with van der Waals surface area (Å²) >= 11 is 0. The molecule has 0 aromatic heterocycles. The van der Waals surface area contributed by atoms with Crippen LogP contribution in [0.5, 0.6) is 0 Å². The lowest BCUT2D eigenvalue weighted by molar-refractivity contribution is 0.371. The molecule has 2 heteroatoms. The molecule has 0 amide bonds. The molecule has 1 aromatic rings. The zero-order valence-electron chi connectivity index (χ0n) is 10.8. The SMILES string of the molecule is Cc1ccc2c(c1C)NC(CN(C)C)CC2. The Bertz CT molecular complexity index is 383. The summed E-state index contributed by atoms with van der Waals surface area (Å²) in [6.07, 6.45) is 2.45. The lowest BCUT2D eigenvalue weighted by atomic mass is 9.93. The van der Waals surface area contributed by atoms with Crippen LogP contribution in [0.15, 0.2) is 12.1 Å². The van der Waals surface area contributed by atoms with Crippen molar-refractivity contribution in [2.24, 2.45) is 0 Å². The summed E-state index contributed by atoms with van der Waals surface area (Å²) in [6, 6.07) is 5.11. The van der Waals surface area contributed by atoms with Crippen molar-refractivity contribution in [2.75, 3.05) is 26.0 Å². The zero-order chi connectivity index (χ0) is 11.7. The summed E-state index contributed by atoms with van der Waals surface area (Å²) in [5, 5.41) is 3.70. The minimum Gasteiger partial charge on any atom is -0.381 e. The third-order valence-electron chi connectivity index (χ3n) is 3.52. The second-order valence-electron chi connectivity index (χ2n) is 5.18.